The Kier molecular flexibility index (Phi) is 6.45. The van der Waals surface area contributed by atoms with Crippen molar-refractivity contribution >= 4 is 5.84 Å². The molecule has 0 fully saturated rings. The van der Waals surface area contributed by atoms with Gasteiger partial charge in [0.05, 0.1) is 12.4 Å². The highest BCUT2D eigenvalue weighted by Gasteiger charge is 2.14. The van der Waals surface area contributed by atoms with Gasteiger partial charge in [-0.2, -0.15) is 0 Å². The van der Waals surface area contributed by atoms with Crippen LogP contribution in [-0.4, -0.2) is 30.4 Å². The lowest BCUT2D eigenvalue weighted by atomic mass is 10.1. The first-order valence-corrected chi connectivity index (χ1v) is 6.66. The average molecular weight is 210 g/mol. The molecule has 1 aliphatic rings. The van der Waals surface area contributed by atoms with E-state index in [0.29, 0.717) is 0 Å². The van der Waals surface area contributed by atoms with E-state index in [-0.39, 0.29) is 0 Å². The zero-order valence-electron chi connectivity index (χ0n) is 10.5. The zero-order chi connectivity index (χ0) is 10.9. The van der Waals surface area contributed by atoms with Crippen LogP contribution in [0.4, 0.5) is 0 Å². The topological polar surface area (TPSA) is 15.6 Å². The summed E-state index contributed by atoms with van der Waals surface area (Å²) in [5.41, 5.74) is 0. The second-order valence-corrected chi connectivity index (χ2v) is 4.45. The van der Waals surface area contributed by atoms with Gasteiger partial charge in [-0.25, -0.2) is 0 Å². The van der Waals surface area contributed by atoms with Gasteiger partial charge >= 0.3 is 0 Å². The molecule has 0 spiro atoms. The third-order valence-corrected chi connectivity index (χ3v) is 3.03. The molecule has 0 aromatic rings. The smallest absolute Gasteiger partial charge is 0.0990 e. The quantitative estimate of drug-likeness (QED) is 0.560. The number of hydrogen-bond acceptors (Lipinski definition) is 2. The molecule has 2 nitrogen and oxygen atoms in total. The minimum atomic E-state index is 1.03. The molecule has 0 bridgehead atoms. The van der Waals surface area contributed by atoms with Crippen molar-refractivity contribution in [3.63, 3.8) is 0 Å². The molecule has 15 heavy (non-hydrogen) atoms. The lowest BCUT2D eigenvalue weighted by Crippen LogP contribution is -2.28. The van der Waals surface area contributed by atoms with Crippen molar-refractivity contribution in [3.8, 4) is 0 Å². The van der Waals surface area contributed by atoms with Gasteiger partial charge in [-0.1, -0.05) is 39.5 Å². The van der Waals surface area contributed by atoms with Crippen LogP contribution in [0.2, 0.25) is 0 Å². The standard InChI is InChI=1S/C13H26N2/c1-3-5-6-7-8-9-13-14-10-12-15(13)11-4-2/h3-12H2,1-2H3. The molecule has 0 atom stereocenters. The SMILES string of the molecule is CCCCCCCC1=NCCN1CCC. The lowest BCUT2D eigenvalue weighted by molar-refractivity contribution is 0.444. The van der Waals surface area contributed by atoms with E-state index in [1.54, 1.807) is 0 Å². The fourth-order valence-electron chi connectivity index (χ4n) is 2.16. The fraction of sp³-hybridized carbons (Fsp3) is 0.923. The molecule has 1 aliphatic heterocycles. The van der Waals surface area contributed by atoms with Gasteiger partial charge in [0.25, 0.3) is 0 Å². The van der Waals surface area contributed by atoms with Crippen LogP contribution in [0.5, 0.6) is 0 Å². The van der Waals surface area contributed by atoms with Crippen LogP contribution in [-0.2, 0) is 0 Å². The van der Waals surface area contributed by atoms with Crippen molar-refractivity contribution in [2.24, 2.45) is 4.99 Å². The second-order valence-electron chi connectivity index (χ2n) is 4.45. The van der Waals surface area contributed by atoms with E-state index < -0.39 is 0 Å². The zero-order valence-corrected chi connectivity index (χ0v) is 10.5. The minimum Gasteiger partial charge on any atom is -0.359 e. The summed E-state index contributed by atoms with van der Waals surface area (Å²) in [7, 11) is 0. The summed E-state index contributed by atoms with van der Waals surface area (Å²) in [6.07, 6.45) is 9.30. The van der Waals surface area contributed by atoms with Gasteiger partial charge in [-0.15, -0.1) is 0 Å². The summed E-state index contributed by atoms with van der Waals surface area (Å²) in [6, 6.07) is 0. The van der Waals surface area contributed by atoms with Gasteiger partial charge in [0.15, 0.2) is 0 Å². The first-order chi connectivity index (χ1) is 7.38. The second kappa shape index (κ2) is 7.72. The van der Waals surface area contributed by atoms with Gasteiger partial charge in [-0.3, -0.25) is 4.99 Å². The predicted octanol–water partition coefficient (Wildman–Crippen LogP) is 3.47. The van der Waals surface area contributed by atoms with Crippen molar-refractivity contribution in [2.75, 3.05) is 19.6 Å². The Morgan fingerprint density at radius 1 is 1.07 bits per heavy atom. The molecule has 0 aliphatic carbocycles. The molecule has 88 valence electrons. The molecule has 1 rings (SSSR count). The third kappa shape index (κ3) is 4.67. The summed E-state index contributed by atoms with van der Waals surface area (Å²) in [6.45, 7) is 7.91. The molecule has 0 amide bonds. The number of nitrogens with zero attached hydrogens (tertiary/aromatic N) is 2. The van der Waals surface area contributed by atoms with Crippen molar-refractivity contribution in [3.05, 3.63) is 0 Å². The summed E-state index contributed by atoms with van der Waals surface area (Å²) < 4.78 is 0. The van der Waals surface area contributed by atoms with Gasteiger partial charge in [0.2, 0.25) is 0 Å². The average Bonchev–Trinajstić information content (AvgIpc) is 2.66. The van der Waals surface area contributed by atoms with Crippen LogP contribution < -0.4 is 0 Å². The number of hydrogen-bond donors (Lipinski definition) is 0. The van der Waals surface area contributed by atoms with E-state index in [1.165, 1.54) is 57.3 Å². The highest BCUT2D eigenvalue weighted by atomic mass is 15.2. The highest BCUT2D eigenvalue weighted by Crippen LogP contribution is 2.11. The molecule has 2 heteroatoms. The number of rotatable bonds is 8. The number of aliphatic imine (C=N–C) groups is 1. The lowest BCUT2D eigenvalue weighted by Gasteiger charge is -2.19. The van der Waals surface area contributed by atoms with Gasteiger partial charge in [0.1, 0.15) is 0 Å². The molecule has 0 saturated heterocycles. The van der Waals surface area contributed by atoms with Crippen LogP contribution in [0.3, 0.4) is 0 Å². The predicted molar refractivity (Wildman–Crippen MR) is 67.5 cm³/mol. The van der Waals surface area contributed by atoms with E-state index in [2.05, 4.69) is 23.7 Å². The summed E-state index contributed by atoms with van der Waals surface area (Å²) in [5, 5.41) is 0. The van der Waals surface area contributed by atoms with Crippen LogP contribution in [0.25, 0.3) is 0 Å². The molecular formula is C13H26N2. The fourth-order valence-corrected chi connectivity index (χ4v) is 2.16. The van der Waals surface area contributed by atoms with Crippen molar-refractivity contribution in [1.29, 1.82) is 0 Å². The van der Waals surface area contributed by atoms with E-state index in [0.717, 1.165) is 13.1 Å². The Morgan fingerprint density at radius 3 is 2.60 bits per heavy atom. The van der Waals surface area contributed by atoms with Gasteiger partial charge in [0, 0.05) is 19.5 Å². The maximum Gasteiger partial charge on any atom is 0.0990 e. The van der Waals surface area contributed by atoms with Crippen LogP contribution in [0.15, 0.2) is 4.99 Å². The number of amidine groups is 1. The first-order valence-electron chi connectivity index (χ1n) is 6.66. The van der Waals surface area contributed by atoms with Crippen molar-refractivity contribution in [1.82, 2.24) is 4.90 Å². The number of unbranched alkanes of at least 4 members (excludes halogenated alkanes) is 4. The van der Waals surface area contributed by atoms with E-state index in [9.17, 15) is 0 Å². The molecule has 1 heterocycles. The van der Waals surface area contributed by atoms with E-state index in [4.69, 9.17) is 0 Å². The Hall–Kier alpha value is -0.530. The van der Waals surface area contributed by atoms with Crippen molar-refractivity contribution < 1.29 is 0 Å². The summed E-state index contributed by atoms with van der Waals surface area (Å²) >= 11 is 0. The molecule has 0 aromatic carbocycles. The Balaban J connectivity index is 2.09. The largest absolute Gasteiger partial charge is 0.359 e. The minimum absolute atomic E-state index is 1.03. The van der Waals surface area contributed by atoms with Gasteiger partial charge < -0.3 is 4.90 Å². The normalized spacial score (nSPS) is 15.9. The molecule has 0 unspecified atom stereocenters. The molecule has 0 saturated carbocycles. The van der Waals surface area contributed by atoms with E-state index in [1.807, 2.05) is 0 Å². The molecule has 0 N–H and O–H groups in total. The molecular weight excluding hydrogens is 184 g/mol. The van der Waals surface area contributed by atoms with Crippen LogP contribution in [0, 0.1) is 0 Å². The van der Waals surface area contributed by atoms with Crippen molar-refractivity contribution in [2.45, 2.75) is 58.8 Å². The summed E-state index contributed by atoms with van der Waals surface area (Å²) in [4.78, 5) is 7.07. The Bertz CT molecular complexity index is 187. The van der Waals surface area contributed by atoms with Gasteiger partial charge in [-0.05, 0) is 12.8 Å². The monoisotopic (exact) mass is 210 g/mol. The first kappa shape index (κ1) is 12.5. The molecule has 0 aromatic heterocycles. The Morgan fingerprint density at radius 2 is 1.87 bits per heavy atom. The maximum atomic E-state index is 4.60. The van der Waals surface area contributed by atoms with Crippen LogP contribution >= 0.6 is 0 Å². The Labute approximate surface area is 94.8 Å². The highest BCUT2D eigenvalue weighted by molar-refractivity contribution is 5.83. The summed E-state index contributed by atoms with van der Waals surface area (Å²) in [5.74, 6) is 1.38. The van der Waals surface area contributed by atoms with E-state index >= 15 is 0 Å². The van der Waals surface area contributed by atoms with Crippen LogP contribution in [0.1, 0.15) is 58.8 Å². The maximum absolute atomic E-state index is 4.60. The third-order valence-electron chi connectivity index (χ3n) is 3.03. The molecule has 0 radical (unpaired) electrons.